The minimum Gasteiger partial charge on any atom is -0.340 e. The first kappa shape index (κ1) is 14.4. The third-order valence-corrected chi connectivity index (χ3v) is 4.06. The minimum atomic E-state index is 0.0741. The summed E-state index contributed by atoms with van der Waals surface area (Å²) < 4.78 is 1.98. The van der Waals surface area contributed by atoms with Gasteiger partial charge in [0.15, 0.2) is 0 Å². The number of aryl methyl sites for hydroxylation is 1. The van der Waals surface area contributed by atoms with E-state index >= 15 is 0 Å². The Labute approximate surface area is 130 Å². The van der Waals surface area contributed by atoms with E-state index in [1.165, 1.54) is 0 Å². The van der Waals surface area contributed by atoms with Crippen LogP contribution in [0, 0.1) is 0 Å². The van der Waals surface area contributed by atoms with Gasteiger partial charge in [0, 0.05) is 31.0 Å². The molecule has 3 aromatic rings. The summed E-state index contributed by atoms with van der Waals surface area (Å²) in [5, 5.41) is 1.10. The number of hydrogen-bond acceptors (Lipinski definition) is 1. The van der Waals surface area contributed by atoms with Crippen LogP contribution in [0.1, 0.15) is 23.0 Å². The summed E-state index contributed by atoms with van der Waals surface area (Å²) in [6.45, 7) is 3.34. The molecule has 0 fully saturated rings. The number of amides is 1. The van der Waals surface area contributed by atoms with Crippen LogP contribution in [0.3, 0.4) is 0 Å². The molecule has 2 aromatic carbocycles. The molecule has 22 heavy (non-hydrogen) atoms. The Morgan fingerprint density at radius 1 is 1.05 bits per heavy atom. The Morgan fingerprint density at radius 2 is 1.73 bits per heavy atom. The van der Waals surface area contributed by atoms with Gasteiger partial charge in [-0.1, -0.05) is 48.5 Å². The Balaban J connectivity index is 1.91. The summed E-state index contributed by atoms with van der Waals surface area (Å²) in [5.74, 6) is 0.0741. The van der Waals surface area contributed by atoms with Crippen LogP contribution in [0.25, 0.3) is 10.9 Å². The molecule has 3 heteroatoms. The van der Waals surface area contributed by atoms with Gasteiger partial charge in [0.25, 0.3) is 5.91 Å². The summed E-state index contributed by atoms with van der Waals surface area (Å²) in [5.41, 5.74) is 2.97. The lowest BCUT2D eigenvalue weighted by Gasteiger charge is -2.21. The molecule has 0 bridgehead atoms. The third kappa shape index (κ3) is 2.62. The molecule has 0 aliphatic heterocycles. The Kier molecular flexibility index (Phi) is 3.96. The molecule has 0 unspecified atom stereocenters. The van der Waals surface area contributed by atoms with Gasteiger partial charge in [0.1, 0.15) is 5.69 Å². The van der Waals surface area contributed by atoms with Gasteiger partial charge in [0.05, 0.1) is 0 Å². The van der Waals surface area contributed by atoms with E-state index in [-0.39, 0.29) is 5.91 Å². The smallest absolute Gasteiger partial charge is 0.270 e. The van der Waals surface area contributed by atoms with Crippen LogP contribution in [0.4, 0.5) is 0 Å². The molecule has 3 rings (SSSR count). The predicted molar refractivity (Wildman–Crippen MR) is 89.8 cm³/mol. The first-order valence-corrected chi connectivity index (χ1v) is 7.58. The van der Waals surface area contributed by atoms with Crippen LogP contribution in [0.5, 0.6) is 0 Å². The van der Waals surface area contributed by atoms with Gasteiger partial charge in [-0.3, -0.25) is 4.79 Å². The molecule has 1 amide bonds. The van der Waals surface area contributed by atoms with E-state index in [0.717, 1.165) is 22.2 Å². The highest BCUT2D eigenvalue weighted by Gasteiger charge is 2.19. The fourth-order valence-corrected chi connectivity index (χ4v) is 2.79. The first-order chi connectivity index (χ1) is 10.7. The number of aromatic nitrogens is 1. The standard InChI is InChI=1S/C19H20N2O/c1-3-21(14-15-9-5-4-6-10-15)19(22)18-13-16-11-7-8-12-17(16)20(18)2/h4-13H,3,14H2,1-2H3. The molecule has 3 nitrogen and oxygen atoms in total. The van der Waals surface area contributed by atoms with Gasteiger partial charge in [0.2, 0.25) is 0 Å². The van der Waals surface area contributed by atoms with Gasteiger partial charge in [-0.05, 0) is 24.6 Å². The second-order valence-corrected chi connectivity index (χ2v) is 5.45. The number of carbonyl (C=O) groups is 1. The molecular weight excluding hydrogens is 272 g/mol. The maximum Gasteiger partial charge on any atom is 0.270 e. The zero-order valence-electron chi connectivity index (χ0n) is 13.0. The van der Waals surface area contributed by atoms with Gasteiger partial charge < -0.3 is 9.47 Å². The average molecular weight is 292 g/mol. The zero-order valence-corrected chi connectivity index (χ0v) is 13.0. The number of benzene rings is 2. The molecule has 0 atom stereocenters. The topological polar surface area (TPSA) is 25.2 Å². The van der Waals surface area contributed by atoms with Gasteiger partial charge in [-0.25, -0.2) is 0 Å². The Hall–Kier alpha value is -2.55. The molecular formula is C19H20N2O. The zero-order chi connectivity index (χ0) is 15.5. The number of para-hydroxylation sites is 1. The number of fused-ring (bicyclic) bond motifs is 1. The van der Waals surface area contributed by atoms with Crippen molar-refractivity contribution in [1.29, 1.82) is 0 Å². The second-order valence-electron chi connectivity index (χ2n) is 5.45. The minimum absolute atomic E-state index is 0.0741. The lowest BCUT2D eigenvalue weighted by molar-refractivity contribution is 0.0743. The number of carbonyl (C=O) groups excluding carboxylic acids is 1. The van der Waals surface area contributed by atoms with E-state index in [0.29, 0.717) is 13.1 Å². The fourth-order valence-electron chi connectivity index (χ4n) is 2.79. The van der Waals surface area contributed by atoms with E-state index in [9.17, 15) is 4.79 Å². The van der Waals surface area contributed by atoms with Crippen molar-refractivity contribution < 1.29 is 4.79 Å². The molecule has 1 heterocycles. The Bertz CT molecular complexity index is 790. The van der Waals surface area contributed by atoms with E-state index in [2.05, 4.69) is 12.1 Å². The lowest BCUT2D eigenvalue weighted by Crippen LogP contribution is -2.31. The molecule has 0 radical (unpaired) electrons. The Morgan fingerprint density at radius 3 is 2.41 bits per heavy atom. The highest BCUT2D eigenvalue weighted by atomic mass is 16.2. The van der Waals surface area contributed by atoms with E-state index in [1.807, 2.05) is 72.0 Å². The first-order valence-electron chi connectivity index (χ1n) is 7.58. The highest BCUT2D eigenvalue weighted by Crippen LogP contribution is 2.20. The second kappa shape index (κ2) is 6.06. The summed E-state index contributed by atoms with van der Waals surface area (Å²) in [6, 6.07) is 20.2. The molecule has 0 aliphatic rings. The number of nitrogens with zero attached hydrogens (tertiary/aromatic N) is 2. The van der Waals surface area contributed by atoms with Crippen LogP contribution < -0.4 is 0 Å². The van der Waals surface area contributed by atoms with Gasteiger partial charge >= 0.3 is 0 Å². The molecule has 0 aliphatic carbocycles. The van der Waals surface area contributed by atoms with Crippen molar-refractivity contribution in [3.63, 3.8) is 0 Å². The van der Waals surface area contributed by atoms with Crippen LogP contribution in [0.15, 0.2) is 60.7 Å². The maximum atomic E-state index is 12.9. The van der Waals surface area contributed by atoms with E-state index < -0.39 is 0 Å². The molecule has 0 N–H and O–H groups in total. The van der Waals surface area contributed by atoms with Gasteiger partial charge in [-0.15, -0.1) is 0 Å². The summed E-state index contributed by atoms with van der Waals surface area (Å²) in [7, 11) is 1.95. The lowest BCUT2D eigenvalue weighted by atomic mass is 10.2. The fraction of sp³-hybridized carbons (Fsp3) is 0.211. The summed E-state index contributed by atoms with van der Waals surface area (Å²) in [6.07, 6.45) is 0. The van der Waals surface area contributed by atoms with Crippen molar-refractivity contribution >= 4 is 16.8 Å². The van der Waals surface area contributed by atoms with Crippen molar-refractivity contribution in [1.82, 2.24) is 9.47 Å². The van der Waals surface area contributed by atoms with E-state index in [4.69, 9.17) is 0 Å². The molecule has 0 saturated heterocycles. The molecule has 1 aromatic heterocycles. The van der Waals surface area contributed by atoms with Crippen molar-refractivity contribution in [2.24, 2.45) is 7.05 Å². The normalized spacial score (nSPS) is 10.8. The van der Waals surface area contributed by atoms with Crippen molar-refractivity contribution in [2.45, 2.75) is 13.5 Å². The SMILES string of the molecule is CCN(Cc1ccccc1)C(=O)c1cc2ccccc2n1C. The summed E-state index contributed by atoms with van der Waals surface area (Å²) in [4.78, 5) is 14.8. The van der Waals surface area contributed by atoms with Crippen molar-refractivity contribution in [3.05, 3.63) is 71.9 Å². The molecule has 0 saturated carbocycles. The monoisotopic (exact) mass is 292 g/mol. The molecule has 112 valence electrons. The van der Waals surface area contributed by atoms with Crippen LogP contribution in [-0.4, -0.2) is 21.9 Å². The number of hydrogen-bond donors (Lipinski definition) is 0. The van der Waals surface area contributed by atoms with Gasteiger partial charge in [-0.2, -0.15) is 0 Å². The highest BCUT2D eigenvalue weighted by molar-refractivity contribution is 5.98. The van der Waals surface area contributed by atoms with E-state index in [1.54, 1.807) is 0 Å². The molecule has 0 spiro atoms. The quantitative estimate of drug-likeness (QED) is 0.717. The van der Waals surface area contributed by atoms with Crippen molar-refractivity contribution in [2.75, 3.05) is 6.54 Å². The van der Waals surface area contributed by atoms with Crippen LogP contribution in [0.2, 0.25) is 0 Å². The van der Waals surface area contributed by atoms with Crippen LogP contribution >= 0.6 is 0 Å². The van der Waals surface area contributed by atoms with Crippen LogP contribution in [-0.2, 0) is 13.6 Å². The largest absolute Gasteiger partial charge is 0.340 e. The summed E-state index contributed by atoms with van der Waals surface area (Å²) >= 11 is 0. The number of rotatable bonds is 4. The third-order valence-electron chi connectivity index (χ3n) is 4.06. The van der Waals surface area contributed by atoms with Crippen molar-refractivity contribution in [3.8, 4) is 0 Å². The predicted octanol–water partition coefficient (Wildman–Crippen LogP) is 3.84. The average Bonchev–Trinajstić information content (AvgIpc) is 2.90. The maximum absolute atomic E-state index is 12.9.